The zero-order valence-electron chi connectivity index (χ0n) is 14.3. The predicted molar refractivity (Wildman–Crippen MR) is 98.9 cm³/mol. The number of hydrogen-bond donors (Lipinski definition) is 1. The van der Waals surface area contributed by atoms with Crippen molar-refractivity contribution in [1.82, 2.24) is 15.1 Å². The van der Waals surface area contributed by atoms with E-state index in [1.54, 1.807) is 4.90 Å². The Bertz CT molecular complexity index is 420. The summed E-state index contributed by atoms with van der Waals surface area (Å²) in [6.07, 6.45) is -0.217. The minimum Gasteiger partial charge on any atom is -0.444 e. The summed E-state index contributed by atoms with van der Waals surface area (Å²) in [6.45, 7) is 13.9. The van der Waals surface area contributed by atoms with Gasteiger partial charge in [0.2, 0.25) is 0 Å². The maximum absolute atomic E-state index is 12.1. The van der Waals surface area contributed by atoms with Gasteiger partial charge in [0.1, 0.15) is 5.60 Å². The fraction of sp³-hybridized carbons (Fsp3) is 0.867. The van der Waals surface area contributed by atoms with Gasteiger partial charge in [0, 0.05) is 26.2 Å². The van der Waals surface area contributed by atoms with Gasteiger partial charge in [-0.1, -0.05) is 13.8 Å². The molecule has 1 saturated heterocycles. The molecule has 2 heterocycles. The van der Waals surface area contributed by atoms with E-state index in [4.69, 9.17) is 4.74 Å². The monoisotopic (exact) mass is 424 g/mol. The lowest BCUT2D eigenvalue weighted by Crippen LogP contribution is -2.57. The second kappa shape index (κ2) is 7.70. The average Bonchev–Trinajstić information content (AvgIpc) is 2.76. The summed E-state index contributed by atoms with van der Waals surface area (Å²) < 4.78 is 5.45. The van der Waals surface area contributed by atoms with Gasteiger partial charge < -0.3 is 19.9 Å². The number of hydrogen-bond acceptors (Lipinski definition) is 5. The Morgan fingerprint density at radius 1 is 1.41 bits per heavy atom. The molecular formula is C15H29IN4O2. The van der Waals surface area contributed by atoms with E-state index in [0.29, 0.717) is 19.0 Å². The molecule has 1 atom stereocenters. The van der Waals surface area contributed by atoms with E-state index in [9.17, 15) is 4.79 Å². The van der Waals surface area contributed by atoms with Crippen LogP contribution in [0.15, 0.2) is 4.99 Å². The first-order valence-corrected chi connectivity index (χ1v) is 7.79. The molecule has 7 heteroatoms. The zero-order chi connectivity index (χ0) is 15.6. The Hall–Kier alpha value is -0.730. The van der Waals surface area contributed by atoms with Crippen LogP contribution in [0.25, 0.3) is 0 Å². The summed E-state index contributed by atoms with van der Waals surface area (Å²) in [5.74, 6) is 1.58. The number of rotatable bonds is 2. The molecule has 0 bridgehead atoms. The summed E-state index contributed by atoms with van der Waals surface area (Å²) >= 11 is 0. The van der Waals surface area contributed by atoms with E-state index in [1.807, 2.05) is 20.8 Å². The van der Waals surface area contributed by atoms with Gasteiger partial charge in [-0.25, -0.2) is 4.79 Å². The number of halogens is 1. The van der Waals surface area contributed by atoms with Gasteiger partial charge in [-0.2, -0.15) is 0 Å². The number of amides is 1. The predicted octanol–water partition coefficient (Wildman–Crippen LogP) is 2.14. The Labute approximate surface area is 150 Å². The lowest BCUT2D eigenvalue weighted by atomic mass is 10.2. The number of ether oxygens (including phenoxy) is 1. The molecule has 128 valence electrons. The Morgan fingerprint density at radius 3 is 2.68 bits per heavy atom. The highest BCUT2D eigenvalue weighted by atomic mass is 127. The standard InChI is InChI=1S/C15H28N4O2.HI/c1-11(2)8-16-13-17-9-12-10-18(6-7-19(12)13)14(20)21-15(3,4)5;/h11-12H,6-10H2,1-5H3,(H,16,17);1H. The van der Waals surface area contributed by atoms with Gasteiger partial charge in [-0.15, -0.1) is 24.0 Å². The third-order valence-electron chi connectivity index (χ3n) is 3.53. The summed E-state index contributed by atoms with van der Waals surface area (Å²) in [5.41, 5.74) is -0.440. The van der Waals surface area contributed by atoms with Crippen molar-refractivity contribution in [3.05, 3.63) is 0 Å². The molecule has 0 saturated carbocycles. The minimum atomic E-state index is -0.440. The fourth-order valence-electron chi connectivity index (χ4n) is 2.52. The van der Waals surface area contributed by atoms with Crippen LogP contribution in [0.5, 0.6) is 0 Å². The van der Waals surface area contributed by atoms with Crippen molar-refractivity contribution in [3.63, 3.8) is 0 Å². The molecule has 0 radical (unpaired) electrons. The smallest absolute Gasteiger partial charge is 0.410 e. The average molecular weight is 424 g/mol. The first-order chi connectivity index (χ1) is 9.76. The van der Waals surface area contributed by atoms with Gasteiger partial charge >= 0.3 is 6.09 Å². The van der Waals surface area contributed by atoms with Crippen molar-refractivity contribution in [2.45, 2.75) is 46.3 Å². The first kappa shape index (κ1) is 19.3. The second-order valence-electron chi connectivity index (χ2n) is 7.21. The summed E-state index contributed by atoms with van der Waals surface area (Å²) in [6, 6.07) is 0.279. The maximum Gasteiger partial charge on any atom is 0.410 e. The summed E-state index contributed by atoms with van der Waals surface area (Å²) in [4.78, 5) is 20.8. The number of piperazine rings is 1. The van der Waals surface area contributed by atoms with Crippen molar-refractivity contribution in [1.29, 1.82) is 0 Å². The van der Waals surface area contributed by atoms with Crippen molar-refractivity contribution >= 4 is 36.0 Å². The Kier molecular flexibility index (Phi) is 6.76. The van der Waals surface area contributed by atoms with E-state index < -0.39 is 5.60 Å². The molecule has 0 aliphatic carbocycles. The highest BCUT2D eigenvalue weighted by molar-refractivity contribution is 14.0. The molecule has 0 aromatic rings. The number of fused-ring (bicyclic) bond motifs is 1. The van der Waals surface area contributed by atoms with Gasteiger partial charge in [-0.3, -0.25) is 4.99 Å². The van der Waals surface area contributed by atoms with Crippen LogP contribution in [0.1, 0.15) is 34.6 Å². The van der Waals surface area contributed by atoms with E-state index >= 15 is 0 Å². The van der Waals surface area contributed by atoms with Crippen molar-refractivity contribution in [3.8, 4) is 0 Å². The lowest BCUT2D eigenvalue weighted by molar-refractivity contribution is 0.0137. The molecule has 2 aliphatic heterocycles. The largest absolute Gasteiger partial charge is 0.444 e. The molecule has 1 amide bonds. The van der Waals surface area contributed by atoms with Crippen LogP contribution in [0.4, 0.5) is 4.79 Å². The van der Waals surface area contributed by atoms with E-state index in [2.05, 4.69) is 29.1 Å². The van der Waals surface area contributed by atoms with E-state index in [1.165, 1.54) is 0 Å². The van der Waals surface area contributed by atoms with Crippen molar-refractivity contribution in [2.75, 3.05) is 32.7 Å². The fourth-order valence-corrected chi connectivity index (χ4v) is 2.52. The normalized spacial score (nSPS) is 21.2. The molecule has 2 rings (SSSR count). The van der Waals surface area contributed by atoms with E-state index in [0.717, 1.165) is 25.6 Å². The number of carbonyl (C=O) groups excluding carboxylic acids is 1. The van der Waals surface area contributed by atoms with E-state index in [-0.39, 0.29) is 36.1 Å². The Balaban J connectivity index is 0.00000242. The summed E-state index contributed by atoms with van der Waals surface area (Å²) in [7, 11) is 0. The molecule has 22 heavy (non-hydrogen) atoms. The number of guanidine groups is 1. The van der Waals surface area contributed by atoms with Gasteiger partial charge in [0.05, 0.1) is 12.6 Å². The number of nitrogens with zero attached hydrogens (tertiary/aromatic N) is 3. The van der Waals surface area contributed by atoms with Crippen LogP contribution in [-0.4, -0.2) is 66.2 Å². The third-order valence-corrected chi connectivity index (χ3v) is 3.53. The zero-order valence-corrected chi connectivity index (χ0v) is 16.6. The van der Waals surface area contributed by atoms with Crippen LogP contribution in [0, 0.1) is 5.92 Å². The van der Waals surface area contributed by atoms with Crippen LogP contribution in [-0.2, 0) is 4.74 Å². The molecule has 2 aliphatic rings. The number of nitrogens with one attached hydrogen (secondary N) is 1. The van der Waals surface area contributed by atoms with Crippen molar-refractivity contribution in [2.24, 2.45) is 10.9 Å². The molecule has 0 aromatic heterocycles. The molecule has 6 nitrogen and oxygen atoms in total. The number of carbonyl (C=O) groups is 1. The first-order valence-electron chi connectivity index (χ1n) is 7.79. The van der Waals surface area contributed by atoms with Crippen LogP contribution >= 0.6 is 24.0 Å². The maximum atomic E-state index is 12.1. The highest BCUT2D eigenvalue weighted by Crippen LogP contribution is 2.18. The Morgan fingerprint density at radius 2 is 2.09 bits per heavy atom. The van der Waals surface area contributed by atoms with Gasteiger partial charge in [0.25, 0.3) is 0 Å². The molecule has 1 N–H and O–H groups in total. The second-order valence-corrected chi connectivity index (χ2v) is 7.21. The number of aliphatic imine (C=N–C) groups is 1. The minimum absolute atomic E-state index is 0. The third kappa shape index (κ3) is 5.17. The van der Waals surface area contributed by atoms with Gasteiger partial charge in [0.15, 0.2) is 5.96 Å². The van der Waals surface area contributed by atoms with Crippen molar-refractivity contribution < 1.29 is 9.53 Å². The van der Waals surface area contributed by atoms with Crippen LogP contribution < -0.4 is 5.32 Å². The molecular weight excluding hydrogens is 395 g/mol. The molecule has 0 aromatic carbocycles. The highest BCUT2D eigenvalue weighted by Gasteiger charge is 2.36. The SMILES string of the molecule is CC(C)CNC1=NCC2CN(C(=O)OC(C)(C)C)CCN12.I. The summed E-state index contributed by atoms with van der Waals surface area (Å²) in [5, 5.41) is 3.40. The van der Waals surface area contributed by atoms with Crippen LogP contribution in [0.2, 0.25) is 0 Å². The quantitative estimate of drug-likeness (QED) is 0.691. The topological polar surface area (TPSA) is 57.2 Å². The van der Waals surface area contributed by atoms with Crippen LogP contribution in [0.3, 0.4) is 0 Å². The lowest BCUT2D eigenvalue weighted by Gasteiger charge is -2.39. The molecule has 1 unspecified atom stereocenters. The molecule has 0 spiro atoms. The molecule has 1 fully saturated rings. The van der Waals surface area contributed by atoms with Gasteiger partial charge in [-0.05, 0) is 26.7 Å².